The van der Waals surface area contributed by atoms with E-state index in [0.717, 1.165) is 0 Å². The van der Waals surface area contributed by atoms with Crippen molar-refractivity contribution >= 4 is 6.01 Å². The molecular formula is C3H6N2. The van der Waals surface area contributed by atoms with Crippen molar-refractivity contribution < 1.29 is 0 Å². The van der Waals surface area contributed by atoms with Crippen molar-refractivity contribution in [3.8, 4) is 0 Å². The van der Waals surface area contributed by atoms with Gasteiger partial charge in [-0.2, -0.15) is 0 Å². The summed E-state index contributed by atoms with van der Waals surface area (Å²) in [5, 5.41) is 11.2. The lowest BCUT2D eigenvalue weighted by Crippen LogP contribution is -1.11. The average molecular weight is 70.1 g/mol. The second kappa shape index (κ2) is 974. The lowest BCUT2D eigenvalue weighted by atomic mass is 11.3. The highest BCUT2D eigenvalue weighted by Crippen LogP contribution is 0.920. The highest BCUT2D eigenvalue weighted by Gasteiger charge is 0.934. The summed E-state index contributed by atoms with van der Waals surface area (Å²) in [5.74, 6) is 0. The molecule has 2 nitrogen and oxygen atoms in total. The molecule has 0 atom stereocenters. The van der Waals surface area contributed by atoms with Gasteiger partial charge in [0.2, 0.25) is 0 Å². The van der Waals surface area contributed by atoms with Crippen LogP contribution < -0.4 is 0 Å². The van der Waals surface area contributed by atoms with Gasteiger partial charge in [0, 0.05) is 0 Å². The second-order valence-electron chi connectivity index (χ2n) is 0.125. The molecule has 0 aliphatic carbocycles. The predicted molar refractivity (Wildman–Crippen MR) is 21.7 cm³/mol. The van der Waals surface area contributed by atoms with Gasteiger partial charge >= 0.3 is 0 Å². The standard InChI is InChI=1S/C2H4.CH2N2/c1-2;2-1-3/h1-2H2;2-3H. The van der Waals surface area contributed by atoms with Crippen LogP contribution in [0.4, 0.5) is 0 Å². The molecule has 2 heteroatoms. The minimum atomic E-state index is 1.25. The van der Waals surface area contributed by atoms with Crippen molar-refractivity contribution in [1.82, 2.24) is 0 Å². The number of hydrogen-bond acceptors (Lipinski definition) is 2. The molecule has 5 heavy (non-hydrogen) atoms. The normalized spacial score (nSPS) is 2.40. The van der Waals surface area contributed by atoms with E-state index in [1.165, 1.54) is 6.01 Å². The zero-order valence-corrected chi connectivity index (χ0v) is 2.91. The predicted octanol–water partition coefficient (Wildman–Crippen LogP) is 1.12. The molecule has 0 aliphatic heterocycles. The number of hydrogen-bond donors (Lipinski definition) is 2. The van der Waals surface area contributed by atoms with E-state index in [2.05, 4.69) is 13.2 Å². The molecular weight excluding hydrogens is 64.0 g/mol. The molecule has 0 aliphatic rings. The summed E-state index contributed by atoms with van der Waals surface area (Å²) in [6, 6.07) is 1.25. The Kier molecular flexibility index (Phi) is 1740. The topological polar surface area (TPSA) is 47.7 Å². The Morgan fingerprint density at radius 1 is 1.20 bits per heavy atom. The molecule has 0 bridgehead atoms. The molecule has 0 heterocycles. The van der Waals surface area contributed by atoms with Crippen LogP contribution in [-0.4, -0.2) is 6.01 Å². The summed E-state index contributed by atoms with van der Waals surface area (Å²) >= 11 is 0. The average Bonchev–Trinajstić information content (AvgIpc) is 1.46. The summed E-state index contributed by atoms with van der Waals surface area (Å²) < 4.78 is 0. The van der Waals surface area contributed by atoms with Gasteiger partial charge < -0.3 is 0 Å². The Hall–Kier alpha value is -0.880. The third kappa shape index (κ3) is 5.05. The maximum atomic E-state index is 5.62. The summed E-state index contributed by atoms with van der Waals surface area (Å²) in [6.07, 6.45) is 0. The molecule has 0 aromatic carbocycles. The Morgan fingerprint density at radius 3 is 1.20 bits per heavy atom. The fourth-order valence-corrected chi connectivity index (χ4v) is 0. The molecule has 0 spiro atoms. The molecule has 0 saturated carbocycles. The van der Waals surface area contributed by atoms with Crippen LogP contribution in [0.2, 0.25) is 0 Å². The molecule has 28 valence electrons. The van der Waals surface area contributed by atoms with Gasteiger partial charge in [-0.15, -0.1) is 13.2 Å². The van der Waals surface area contributed by atoms with E-state index in [-0.39, 0.29) is 0 Å². The fraction of sp³-hybridized carbons (Fsp3) is 0. The SMILES string of the molecule is C=C.N=C=N. The van der Waals surface area contributed by atoms with E-state index in [9.17, 15) is 0 Å². The molecule has 2 N–H and O–H groups in total. The van der Waals surface area contributed by atoms with Crippen molar-refractivity contribution in [1.29, 1.82) is 10.8 Å². The minimum absolute atomic E-state index is 1.25. The number of rotatable bonds is 0. The van der Waals surface area contributed by atoms with Gasteiger partial charge in [0.15, 0.2) is 0 Å². The zero-order chi connectivity index (χ0) is 4.71. The fourth-order valence-electron chi connectivity index (χ4n) is 0. The van der Waals surface area contributed by atoms with Crippen LogP contribution in [0.5, 0.6) is 0 Å². The maximum absolute atomic E-state index is 5.62. The van der Waals surface area contributed by atoms with Gasteiger partial charge in [-0.25, -0.2) is 10.8 Å². The van der Waals surface area contributed by atoms with Crippen LogP contribution in [0, 0.1) is 10.8 Å². The smallest absolute Gasteiger partial charge is 0.0831 e. The summed E-state index contributed by atoms with van der Waals surface area (Å²) in [6.45, 7) is 6.00. The largest absolute Gasteiger partial charge is 0.242 e. The van der Waals surface area contributed by atoms with Crippen LogP contribution in [0.15, 0.2) is 13.2 Å². The summed E-state index contributed by atoms with van der Waals surface area (Å²) in [7, 11) is 0. The Balaban J connectivity index is 0. The molecule has 0 rings (SSSR count). The molecule has 0 aromatic rings. The first-order valence-corrected chi connectivity index (χ1v) is 1.000. The second-order valence-corrected chi connectivity index (χ2v) is 0.125. The highest BCUT2D eigenvalue weighted by molar-refractivity contribution is 5.29. The Bertz CT molecular complexity index is 34.2. The van der Waals surface area contributed by atoms with Crippen LogP contribution in [-0.2, 0) is 0 Å². The minimum Gasteiger partial charge on any atom is -0.242 e. The molecule has 0 unspecified atom stereocenters. The van der Waals surface area contributed by atoms with Gasteiger partial charge in [0.25, 0.3) is 0 Å². The van der Waals surface area contributed by atoms with Gasteiger partial charge in [-0.1, -0.05) is 0 Å². The van der Waals surface area contributed by atoms with Crippen LogP contribution >= 0.6 is 0 Å². The van der Waals surface area contributed by atoms with Gasteiger partial charge in [-0.05, 0) is 0 Å². The van der Waals surface area contributed by atoms with Crippen LogP contribution in [0.3, 0.4) is 0 Å². The first-order chi connectivity index (χ1) is 2.41. The van der Waals surface area contributed by atoms with Gasteiger partial charge in [0.05, 0.1) is 6.01 Å². The first-order valence-electron chi connectivity index (χ1n) is 1.000. The third-order valence-electron chi connectivity index (χ3n) is 0. The van der Waals surface area contributed by atoms with Crippen molar-refractivity contribution in [2.24, 2.45) is 0 Å². The Labute approximate surface area is 31.2 Å². The van der Waals surface area contributed by atoms with E-state index in [4.69, 9.17) is 10.8 Å². The van der Waals surface area contributed by atoms with E-state index in [1.807, 2.05) is 0 Å². The molecule has 0 amide bonds. The quantitative estimate of drug-likeness (QED) is 0.317. The molecule has 0 fully saturated rings. The molecule has 0 saturated heterocycles. The maximum Gasteiger partial charge on any atom is 0.0831 e. The lowest BCUT2D eigenvalue weighted by molar-refractivity contribution is 1.47. The van der Waals surface area contributed by atoms with E-state index >= 15 is 0 Å². The zero-order valence-electron chi connectivity index (χ0n) is 2.91. The van der Waals surface area contributed by atoms with Crippen LogP contribution in [0.1, 0.15) is 0 Å². The summed E-state index contributed by atoms with van der Waals surface area (Å²) in [4.78, 5) is 0. The van der Waals surface area contributed by atoms with Gasteiger partial charge in [-0.3, -0.25) is 0 Å². The lowest BCUT2D eigenvalue weighted by Gasteiger charge is -1.09. The first kappa shape index (κ1) is 8.92. The highest BCUT2D eigenvalue weighted by atomic mass is 14.4. The molecule has 0 radical (unpaired) electrons. The van der Waals surface area contributed by atoms with E-state index < -0.39 is 0 Å². The third-order valence-corrected chi connectivity index (χ3v) is 0. The van der Waals surface area contributed by atoms with Crippen molar-refractivity contribution in [3.05, 3.63) is 13.2 Å². The summed E-state index contributed by atoms with van der Waals surface area (Å²) in [5.41, 5.74) is 0. The van der Waals surface area contributed by atoms with Crippen molar-refractivity contribution in [2.75, 3.05) is 0 Å². The van der Waals surface area contributed by atoms with Gasteiger partial charge in [0.1, 0.15) is 0 Å². The number of nitrogens with one attached hydrogen (secondary N) is 2. The van der Waals surface area contributed by atoms with E-state index in [1.54, 1.807) is 0 Å². The Morgan fingerprint density at radius 2 is 1.20 bits per heavy atom. The van der Waals surface area contributed by atoms with E-state index in [0.29, 0.717) is 0 Å². The van der Waals surface area contributed by atoms with Crippen molar-refractivity contribution in [3.63, 3.8) is 0 Å². The van der Waals surface area contributed by atoms with Crippen molar-refractivity contribution in [2.45, 2.75) is 0 Å². The molecule has 0 aromatic heterocycles. The monoisotopic (exact) mass is 70.1 g/mol. The van der Waals surface area contributed by atoms with Crippen LogP contribution in [0.25, 0.3) is 0 Å².